The van der Waals surface area contributed by atoms with Crippen molar-refractivity contribution in [1.29, 1.82) is 0 Å². The van der Waals surface area contributed by atoms with Crippen LogP contribution < -0.4 is 20.1 Å². The highest BCUT2D eigenvalue weighted by molar-refractivity contribution is 7.13. The molecular formula is C15H19N3O3S. The minimum atomic E-state index is -0.383. The first-order valence-electron chi connectivity index (χ1n) is 6.86. The Morgan fingerprint density at radius 1 is 1.36 bits per heavy atom. The zero-order valence-electron chi connectivity index (χ0n) is 12.8. The van der Waals surface area contributed by atoms with Crippen molar-refractivity contribution in [2.45, 2.75) is 19.4 Å². The minimum Gasteiger partial charge on any atom is -0.497 e. The fraction of sp³-hybridized carbons (Fsp3) is 0.333. The Balaban J connectivity index is 2.10. The van der Waals surface area contributed by atoms with E-state index in [1.807, 2.05) is 24.4 Å². The first-order chi connectivity index (χ1) is 10.7. The molecule has 1 aromatic carbocycles. The van der Waals surface area contributed by atoms with E-state index in [0.717, 1.165) is 5.69 Å². The number of thiazole rings is 1. The molecule has 1 amide bonds. The van der Waals surface area contributed by atoms with Gasteiger partial charge in [-0.3, -0.25) is 4.79 Å². The highest BCUT2D eigenvalue weighted by Gasteiger charge is 2.19. The third kappa shape index (κ3) is 3.88. The van der Waals surface area contributed by atoms with Crippen LogP contribution >= 0.6 is 11.3 Å². The number of nitrogens with one attached hydrogen (secondary N) is 2. The molecule has 6 nitrogen and oxygen atoms in total. The van der Waals surface area contributed by atoms with Crippen molar-refractivity contribution < 1.29 is 14.3 Å². The van der Waals surface area contributed by atoms with Gasteiger partial charge in [-0.05, 0) is 18.6 Å². The molecule has 7 heteroatoms. The largest absolute Gasteiger partial charge is 0.497 e. The summed E-state index contributed by atoms with van der Waals surface area (Å²) in [6.45, 7) is 1.94. The molecule has 0 unspecified atom stereocenters. The maximum Gasteiger partial charge on any atom is 0.248 e. The lowest BCUT2D eigenvalue weighted by molar-refractivity contribution is -0.116. The summed E-state index contributed by atoms with van der Waals surface area (Å²) in [4.78, 5) is 16.4. The summed E-state index contributed by atoms with van der Waals surface area (Å²) in [5.41, 5.74) is 0.740. The third-order valence-corrected chi connectivity index (χ3v) is 3.81. The van der Waals surface area contributed by atoms with E-state index in [1.165, 1.54) is 11.3 Å². The minimum absolute atomic E-state index is 0.129. The summed E-state index contributed by atoms with van der Waals surface area (Å²) in [5, 5.41) is 8.40. The number of methoxy groups -OCH3 is 2. The lowest BCUT2D eigenvalue weighted by Gasteiger charge is -2.19. The van der Waals surface area contributed by atoms with Crippen LogP contribution in [0.4, 0.5) is 10.8 Å². The zero-order valence-corrected chi connectivity index (χ0v) is 13.6. The summed E-state index contributed by atoms with van der Waals surface area (Å²) in [6.07, 6.45) is 2.29. The molecule has 2 rings (SSSR count). The van der Waals surface area contributed by atoms with Gasteiger partial charge in [0.05, 0.1) is 19.9 Å². The molecule has 1 atom stereocenters. The monoisotopic (exact) mass is 321 g/mol. The predicted octanol–water partition coefficient (Wildman–Crippen LogP) is 2.99. The third-order valence-electron chi connectivity index (χ3n) is 3.13. The summed E-state index contributed by atoms with van der Waals surface area (Å²) in [6, 6.07) is 5.03. The van der Waals surface area contributed by atoms with Crippen LogP contribution in [-0.2, 0) is 4.79 Å². The van der Waals surface area contributed by atoms with Crippen LogP contribution in [0.15, 0.2) is 29.8 Å². The van der Waals surface area contributed by atoms with Crippen LogP contribution in [0.1, 0.15) is 13.3 Å². The number of anilines is 2. The van der Waals surface area contributed by atoms with E-state index in [1.54, 1.807) is 26.5 Å². The van der Waals surface area contributed by atoms with Gasteiger partial charge in [-0.1, -0.05) is 6.92 Å². The SMILES string of the molecule is CC[C@H](Nc1ccc(OC)cc1OC)C(=O)Nc1nccs1. The number of rotatable bonds is 7. The van der Waals surface area contributed by atoms with Gasteiger partial charge in [0.25, 0.3) is 0 Å². The Morgan fingerprint density at radius 2 is 2.18 bits per heavy atom. The Labute approximate surface area is 133 Å². The summed E-state index contributed by atoms with van der Waals surface area (Å²) in [5.74, 6) is 1.19. The fourth-order valence-electron chi connectivity index (χ4n) is 1.94. The Hall–Kier alpha value is -2.28. The van der Waals surface area contributed by atoms with Crippen molar-refractivity contribution in [3.8, 4) is 11.5 Å². The lowest BCUT2D eigenvalue weighted by atomic mass is 10.2. The zero-order chi connectivity index (χ0) is 15.9. The van der Waals surface area contributed by atoms with Crippen LogP contribution in [0.5, 0.6) is 11.5 Å². The van der Waals surface area contributed by atoms with Crippen LogP contribution in [0.25, 0.3) is 0 Å². The van der Waals surface area contributed by atoms with Gasteiger partial charge in [0, 0.05) is 17.6 Å². The molecule has 0 bridgehead atoms. The van der Waals surface area contributed by atoms with E-state index in [4.69, 9.17) is 9.47 Å². The number of carbonyl (C=O) groups excluding carboxylic acids is 1. The molecule has 0 spiro atoms. The quantitative estimate of drug-likeness (QED) is 0.820. The molecule has 0 radical (unpaired) electrons. The van der Waals surface area contributed by atoms with E-state index in [9.17, 15) is 4.79 Å². The topological polar surface area (TPSA) is 72.5 Å². The van der Waals surface area contributed by atoms with Gasteiger partial charge in [-0.25, -0.2) is 4.98 Å². The second-order valence-electron chi connectivity index (χ2n) is 4.50. The molecule has 0 saturated heterocycles. The van der Waals surface area contributed by atoms with E-state index >= 15 is 0 Å². The van der Waals surface area contributed by atoms with Crippen LogP contribution in [0, 0.1) is 0 Å². The molecule has 0 saturated carbocycles. The Morgan fingerprint density at radius 3 is 2.77 bits per heavy atom. The first-order valence-corrected chi connectivity index (χ1v) is 7.74. The van der Waals surface area contributed by atoms with Crippen LogP contribution in [0.2, 0.25) is 0 Å². The van der Waals surface area contributed by atoms with Gasteiger partial charge < -0.3 is 20.1 Å². The fourth-order valence-corrected chi connectivity index (χ4v) is 2.47. The summed E-state index contributed by atoms with van der Waals surface area (Å²) in [7, 11) is 3.18. The van der Waals surface area contributed by atoms with E-state index in [2.05, 4.69) is 15.6 Å². The molecule has 0 aliphatic heterocycles. The van der Waals surface area contributed by atoms with Gasteiger partial charge in [-0.15, -0.1) is 11.3 Å². The normalized spacial score (nSPS) is 11.6. The molecule has 1 heterocycles. The van der Waals surface area contributed by atoms with Gasteiger partial charge in [0.1, 0.15) is 17.5 Å². The average molecular weight is 321 g/mol. The van der Waals surface area contributed by atoms with Gasteiger partial charge in [0.2, 0.25) is 5.91 Å². The van der Waals surface area contributed by atoms with Crippen LogP contribution in [0.3, 0.4) is 0 Å². The van der Waals surface area contributed by atoms with E-state index in [-0.39, 0.29) is 11.9 Å². The number of hydrogen-bond donors (Lipinski definition) is 2. The van der Waals surface area contributed by atoms with Crippen molar-refractivity contribution in [2.75, 3.05) is 24.9 Å². The molecule has 1 aromatic heterocycles. The number of aromatic nitrogens is 1. The standard InChI is InChI=1S/C15H19N3O3S/c1-4-11(14(19)18-15-16-7-8-22-15)17-12-6-5-10(20-2)9-13(12)21-3/h5-9,11,17H,4H2,1-3H3,(H,16,18,19)/t11-/m0/s1. The second kappa shape index (κ2) is 7.65. The number of amides is 1. The van der Waals surface area contributed by atoms with Gasteiger partial charge in [0.15, 0.2) is 5.13 Å². The number of nitrogens with zero attached hydrogens (tertiary/aromatic N) is 1. The van der Waals surface area contributed by atoms with Crippen molar-refractivity contribution >= 4 is 28.1 Å². The molecule has 2 aromatic rings. The molecule has 2 N–H and O–H groups in total. The lowest BCUT2D eigenvalue weighted by Crippen LogP contribution is -2.34. The maximum atomic E-state index is 12.3. The predicted molar refractivity (Wildman–Crippen MR) is 88.0 cm³/mol. The number of benzene rings is 1. The van der Waals surface area contributed by atoms with Gasteiger partial charge in [-0.2, -0.15) is 0 Å². The maximum absolute atomic E-state index is 12.3. The molecule has 0 aliphatic carbocycles. The van der Waals surface area contributed by atoms with Crippen molar-refractivity contribution in [3.63, 3.8) is 0 Å². The Kier molecular flexibility index (Phi) is 5.60. The highest BCUT2D eigenvalue weighted by Crippen LogP contribution is 2.30. The molecule has 118 valence electrons. The molecular weight excluding hydrogens is 302 g/mol. The molecule has 0 aliphatic rings. The number of carbonyl (C=O) groups is 1. The summed E-state index contributed by atoms with van der Waals surface area (Å²) < 4.78 is 10.5. The second-order valence-corrected chi connectivity index (χ2v) is 5.39. The summed E-state index contributed by atoms with van der Waals surface area (Å²) >= 11 is 1.39. The van der Waals surface area contributed by atoms with E-state index < -0.39 is 0 Å². The smallest absolute Gasteiger partial charge is 0.248 e. The average Bonchev–Trinajstić information content (AvgIpc) is 3.05. The number of hydrogen-bond acceptors (Lipinski definition) is 6. The van der Waals surface area contributed by atoms with E-state index in [0.29, 0.717) is 23.1 Å². The van der Waals surface area contributed by atoms with Crippen molar-refractivity contribution in [2.24, 2.45) is 0 Å². The van der Waals surface area contributed by atoms with Crippen LogP contribution in [-0.4, -0.2) is 31.2 Å². The highest BCUT2D eigenvalue weighted by atomic mass is 32.1. The van der Waals surface area contributed by atoms with Gasteiger partial charge >= 0.3 is 0 Å². The Bertz CT molecular complexity index is 617. The molecule has 0 fully saturated rings. The molecule has 22 heavy (non-hydrogen) atoms. The number of ether oxygens (including phenoxy) is 2. The van der Waals surface area contributed by atoms with Crippen molar-refractivity contribution in [3.05, 3.63) is 29.8 Å². The van der Waals surface area contributed by atoms with Crippen molar-refractivity contribution in [1.82, 2.24) is 4.98 Å². The first kappa shape index (κ1) is 16.1.